The van der Waals surface area contributed by atoms with E-state index in [9.17, 15) is 0 Å². The summed E-state index contributed by atoms with van der Waals surface area (Å²) in [6.45, 7) is 3.15. The number of rotatable bonds is 5. The number of hydrogen-bond acceptors (Lipinski definition) is 6. The van der Waals surface area contributed by atoms with E-state index < -0.39 is 0 Å². The van der Waals surface area contributed by atoms with Crippen LogP contribution in [0.2, 0.25) is 0 Å². The largest absolute Gasteiger partial charge is 0.481 e. The van der Waals surface area contributed by atoms with Crippen molar-refractivity contribution in [1.29, 1.82) is 0 Å². The van der Waals surface area contributed by atoms with Crippen LogP contribution in [0.1, 0.15) is 31.2 Å². The van der Waals surface area contributed by atoms with E-state index in [1.165, 1.54) is 45.1 Å². The summed E-state index contributed by atoms with van der Waals surface area (Å²) in [7, 11) is 3.26. The third kappa shape index (κ3) is 2.96. The summed E-state index contributed by atoms with van der Waals surface area (Å²) in [4.78, 5) is 11.0. The smallest absolute Gasteiger partial charge is 0.224 e. The second-order valence-corrected chi connectivity index (χ2v) is 5.75. The highest BCUT2D eigenvalue weighted by molar-refractivity contribution is 5.34. The van der Waals surface area contributed by atoms with Crippen LogP contribution in [0.5, 0.6) is 11.8 Å². The van der Waals surface area contributed by atoms with Crippen LogP contribution in [0, 0.1) is 0 Å². The number of methoxy groups -OCH3 is 2. The Kier molecular flexibility index (Phi) is 4.55. The number of aromatic nitrogens is 2. The number of fused-ring (bicyclic) bond motifs is 1. The fraction of sp³-hybridized carbons (Fsp3) is 0.733. The van der Waals surface area contributed by atoms with Gasteiger partial charge in [0.1, 0.15) is 6.33 Å². The van der Waals surface area contributed by atoms with E-state index in [-0.39, 0.29) is 0 Å². The van der Waals surface area contributed by atoms with Crippen molar-refractivity contribution in [2.24, 2.45) is 0 Å². The van der Waals surface area contributed by atoms with Crippen LogP contribution in [0.4, 0.5) is 0 Å². The first-order chi connectivity index (χ1) is 10.3. The molecule has 2 aliphatic heterocycles. The Labute approximate surface area is 125 Å². The third-order valence-corrected chi connectivity index (χ3v) is 4.65. The summed E-state index contributed by atoms with van der Waals surface area (Å²) < 4.78 is 10.7. The van der Waals surface area contributed by atoms with Gasteiger partial charge in [-0.25, -0.2) is 9.97 Å². The highest BCUT2D eigenvalue weighted by atomic mass is 16.5. The van der Waals surface area contributed by atoms with Crippen LogP contribution >= 0.6 is 0 Å². The molecule has 0 bridgehead atoms. The van der Waals surface area contributed by atoms with E-state index >= 15 is 0 Å². The second-order valence-electron chi connectivity index (χ2n) is 5.75. The lowest BCUT2D eigenvalue weighted by atomic mass is 9.99. The molecule has 1 aromatic rings. The molecule has 3 heterocycles. The average molecular weight is 292 g/mol. The second kappa shape index (κ2) is 6.58. The quantitative estimate of drug-likeness (QED) is 0.880. The Morgan fingerprint density at radius 3 is 2.62 bits per heavy atom. The topological polar surface area (TPSA) is 59.5 Å². The van der Waals surface area contributed by atoms with E-state index in [0.717, 1.165) is 5.56 Å². The molecule has 116 valence electrons. The Morgan fingerprint density at radius 1 is 1.14 bits per heavy atom. The molecule has 6 heteroatoms. The zero-order valence-corrected chi connectivity index (χ0v) is 12.8. The van der Waals surface area contributed by atoms with Gasteiger partial charge < -0.3 is 14.8 Å². The molecule has 1 aromatic heterocycles. The minimum absolute atomic E-state index is 0.542. The van der Waals surface area contributed by atoms with Crippen molar-refractivity contribution in [2.45, 2.75) is 44.3 Å². The summed E-state index contributed by atoms with van der Waals surface area (Å²) in [6, 6.07) is 1.22. The van der Waals surface area contributed by atoms with E-state index in [0.29, 0.717) is 30.4 Å². The number of nitrogens with zero attached hydrogens (tertiary/aromatic N) is 3. The molecule has 2 atom stereocenters. The summed E-state index contributed by atoms with van der Waals surface area (Å²) in [5, 5.41) is 3.66. The molecule has 2 unspecified atom stereocenters. The molecule has 2 fully saturated rings. The zero-order valence-electron chi connectivity index (χ0n) is 12.8. The van der Waals surface area contributed by atoms with E-state index in [4.69, 9.17) is 9.47 Å². The average Bonchev–Trinajstić information content (AvgIpc) is 2.95. The molecule has 2 aliphatic rings. The minimum Gasteiger partial charge on any atom is -0.481 e. The molecule has 0 aromatic carbocycles. The van der Waals surface area contributed by atoms with Crippen molar-refractivity contribution in [3.8, 4) is 11.8 Å². The standard InChI is InChI=1S/C15H24N4O2/c1-20-14-11(15(21-2)18-10-17-14)9-16-12-6-8-19-7-4-3-5-13(12)19/h10,12-13,16H,3-9H2,1-2H3. The first-order valence-electron chi connectivity index (χ1n) is 7.72. The van der Waals surface area contributed by atoms with Gasteiger partial charge in [-0.15, -0.1) is 0 Å². The lowest BCUT2D eigenvalue weighted by Gasteiger charge is -2.32. The SMILES string of the molecule is COc1ncnc(OC)c1CNC1CCN2CCCCC12. The number of piperidine rings is 1. The molecule has 0 aliphatic carbocycles. The van der Waals surface area contributed by atoms with Gasteiger partial charge in [0.05, 0.1) is 19.8 Å². The molecule has 0 spiro atoms. The van der Waals surface area contributed by atoms with Gasteiger partial charge in [0, 0.05) is 25.2 Å². The Bertz CT molecular complexity index is 460. The van der Waals surface area contributed by atoms with E-state index in [2.05, 4.69) is 20.2 Å². The zero-order chi connectivity index (χ0) is 14.7. The third-order valence-electron chi connectivity index (χ3n) is 4.65. The maximum atomic E-state index is 5.33. The highest BCUT2D eigenvalue weighted by Crippen LogP contribution is 2.29. The van der Waals surface area contributed by atoms with Crippen molar-refractivity contribution in [3.63, 3.8) is 0 Å². The minimum atomic E-state index is 0.542. The Balaban J connectivity index is 1.67. The molecule has 3 rings (SSSR count). The van der Waals surface area contributed by atoms with Crippen molar-refractivity contribution in [3.05, 3.63) is 11.9 Å². The van der Waals surface area contributed by atoms with Gasteiger partial charge in [-0.2, -0.15) is 0 Å². The monoisotopic (exact) mass is 292 g/mol. The van der Waals surface area contributed by atoms with Gasteiger partial charge in [0.2, 0.25) is 11.8 Å². The van der Waals surface area contributed by atoms with Crippen LogP contribution in [0.15, 0.2) is 6.33 Å². The summed E-state index contributed by atoms with van der Waals surface area (Å²) in [5.41, 5.74) is 0.900. The lowest BCUT2D eigenvalue weighted by Crippen LogP contribution is -2.44. The van der Waals surface area contributed by atoms with Gasteiger partial charge in [0.15, 0.2) is 0 Å². The van der Waals surface area contributed by atoms with Gasteiger partial charge in [-0.05, 0) is 25.8 Å². The number of hydrogen-bond donors (Lipinski definition) is 1. The highest BCUT2D eigenvalue weighted by Gasteiger charge is 2.35. The fourth-order valence-corrected chi connectivity index (χ4v) is 3.60. The first-order valence-corrected chi connectivity index (χ1v) is 7.72. The molecule has 1 N–H and O–H groups in total. The van der Waals surface area contributed by atoms with Crippen molar-refractivity contribution < 1.29 is 9.47 Å². The Morgan fingerprint density at radius 2 is 1.90 bits per heavy atom. The fourth-order valence-electron chi connectivity index (χ4n) is 3.60. The molecule has 6 nitrogen and oxygen atoms in total. The van der Waals surface area contributed by atoms with Gasteiger partial charge in [0.25, 0.3) is 0 Å². The number of nitrogens with one attached hydrogen (secondary N) is 1. The molecule has 0 saturated carbocycles. The molecule has 0 amide bonds. The van der Waals surface area contributed by atoms with Crippen LogP contribution in [0.25, 0.3) is 0 Å². The summed E-state index contributed by atoms with van der Waals surface area (Å²) in [6.07, 6.45) is 6.68. The predicted octanol–water partition coefficient (Wildman–Crippen LogP) is 1.21. The number of ether oxygens (including phenoxy) is 2. The summed E-state index contributed by atoms with van der Waals surface area (Å²) in [5.74, 6) is 1.18. The molecule has 0 radical (unpaired) electrons. The van der Waals surface area contributed by atoms with Gasteiger partial charge in [-0.3, -0.25) is 4.90 Å². The van der Waals surface area contributed by atoms with Crippen molar-refractivity contribution in [2.75, 3.05) is 27.3 Å². The maximum absolute atomic E-state index is 5.33. The predicted molar refractivity (Wildman–Crippen MR) is 79.6 cm³/mol. The van der Waals surface area contributed by atoms with Crippen molar-refractivity contribution in [1.82, 2.24) is 20.2 Å². The van der Waals surface area contributed by atoms with E-state index in [1.807, 2.05) is 0 Å². The molecule has 2 saturated heterocycles. The Hall–Kier alpha value is -1.40. The molecular weight excluding hydrogens is 268 g/mol. The molecular formula is C15H24N4O2. The van der Waals surface area contributed by atoms with Crippen LogP contribution in [-0.4, -0.2) is 54.3 Å². The lowest BCUT2D eigenvalue weighted by molar-refractivity contribution is 0.180. The van der Waals surface area contributed by atoms with Gasteiger partial charge in [-0.1, -0.05) is 6.42 Å². The maximum Gasteiger partial charge on any atom is 0.224 e. The van der Waals surface area contributed by atoms with Crippen molar-refractivity contribution >= 4 is 0 Å². The molecule has 21 heavy (non-hydrogen) atoms. The normalized spacial score (nSPS) is 25.6. The first kappa shape index (κ1) is 14.5. The van der Waals surface area contributed by atoms with Crippen LogP contribution in [-0.2, 0) is 6.54 Å². The van der Waals surface area contributed by atoms with Gasteiger partial charge >= 0.3 is 0 Å². The summed E-state index contributed by atoms with van der Waals surface area (Å²) >= 11 is 0. The van der Waals surface area contributed by atoms with Crippen LogP contribution < -0.4 is 14.8 Å². The van der Waals surface area contributed by atoms with E-state index in [1.54, 1.807) is 14.2 Å². The van der Waals surface area contributed by atoms with Crippen LogP contribution in [0.3, 0.4) is 0 Å².